The lowest BCUT2D eigenvalue weighted by Gasteiger charge is -2.07. The van der Waals surface area contributed by atoms with Crippen LogP contribution in [-0.4, -0.2) is 15.3 Å². The van der Waals surface area contributed by atoms with E-state index in [1.165, 1.54) is 18.4 Å². The van der Waals surface area contributed by atoms with Gasteiger partial charge < -0.3 is 13.8 Å². The summed E-state index contributed by atoms with van der Waals surface area (Å²) in [6, 6.07) is 23.1. The molecule has 3 aromatic carbocycles. The SMILES string of the molecule is Fc1cccc(OCc2cccc(-c3noc(-c4ccc(-c5ccon5)cc4)n3)c2)c1. The summed E-state index contributed by atoms with van der Waals surface area (Å²) in [5.74, 6) is 1.03. The monoisotopic (exact) mass is 413 g/mol. The number of aromatic nitrogens is 3. The van der Waals surface area contributed by atoms with Crippen molar-refractivity contribution in [1.82, 2.24) is 15.3 Å². The molecule has 2 aromatic heterocycles. The molecular weight excluding hydrogens is 397 g/mol. The number of benzene rings is 3. The Morgan fingerprint density at radius 3 is 2.45 bits per heavy atom. The molecule has 2 heterocycles. The summed E-state index contributed by atoms with van der Waals surface area (Å²) >= 11 is 0. The van der Waals surface area contributed by atoms with Crippen LogP contribution in [0, 0.1) is 5.82 Å². The third-order valence-corrected chi connectivity index (χ3v) is 4.68. The topological polar surface area (TPSA) is 74.2 Å². The standard InChI is InChI=1S/C24H16FN3O3/c25-20-5-2-6-21(14-20)29-15-16-3-1-4-19(13-16)23-26-24(31-28-23)18-9-7-17(8-10-18)22-11-12-30-27-22/h1-14H,15H2. The largest absolute Gasteiger partial charge is 0.489 e. The number of hydrogen-bond acceptors (Lipinski definition) is 6. The van der Waals surface area contributed by atoms with Gasteiger partial charge >= 0.3 is 0 Å². The quantitative estimate of drug-likeness (QED) is 0.351. The minimum absolute atomic E-state index is 0.297. The predicted molar refractivity (Wildman–Crippen MR) is 111 cm³/mol. The molecule has 0 amide bonds. The minimum Gasteiger partial charge on any atom is -0.489 e. The molecule has 0 aliphatic carbocycles. The Labute approximate surface area is 176 Å². The first kappa shape index (κ1) is 18.7. The van der Waals surface area contributed by atoms with E-state index in [2.05, 4.69) is 15.3 Å². The maximum Gasteiger partial charge on any atom is 0.258 e. The van der Waals surface area contributed by atoms with Crippen LogP contribution in [0.3, 0.4) is 0 Å². The first-order valence-corrected chi connectivity index (χ1v) is 9.57. The molecule has 0 aliphatic rings. The van der Waals surface area contributed by atoms with Crippen molar-refractivity contribution in [3.05, 3.63) is 96.5 Å². The van der Waals surface area contributed by atoms with Gasteiger partial charge in [0.05, 0.1) is 0 Å². The second-order valence-corrected chi connectivity index (χ2v) is 6.83. The lowest BCUT2D eigenvalue weighted by molar-refractivity contribution is 0.304. The van der Waals surface area contributed by atoms with Crippen LogP contribution < -0.4 is 4.74 Å². The molecule has 0 saturated heterocycles. The Bertz CT molecular complexity index is 1300. The van der Waals surface area contributed by atoms with Crippen LogP contribution in [0.15, 0.2) is 94.2 Å². The highest BCUT2D eigenvalue weighted by Crippen LogP contribution is 2.26. The van der Waals surface area contributed by atoms with Crippen LogP contribution in [0.5, 0.6) is 5.75 Å². The summed E-state index contributed by atoms with van der Waals surface area (Å²) in [6.07, 6.45) is 1.53. The van der Waals surface area contributed by atoms with Gasteiger partial charge in [-0.1, -0.05) is 46.7 Å². The van der Waals surface area contributed by atoms with E-state index < -0.39 is 0 Å². The fraction of sp³-hybridized carbons (Fsp3) is 0.0417. The van der Waals surface area contributed by atoms with Crippen molar-refractivity contribution in [1.29, 1.82) is 0 Å². The van der Waals surface area contributed by atoms with Gasteiger partial charge in [0.25, 0.3) is 5.89 Å². The van der Waals surface area contributed by atoms with Crippen LogP contribution in [0.1, 0.15) is 5.56 Å². The Kier molecular flexibility index (Phi) is 4.98. The first-order valence-electron chi connectivity index (χ1n) is 9.57. The smallest absolute Gasteiger partial charge is 0.258 e. The van der Waals surface area contributed by atoms with Gasteiger partial charge in [0, 0.05) is 28.8 Å². The average molecular weight is 413 g/mol. The van der Waals surface area contributed by atoms with E-state index in [0.717, 1.165) is 27.9 Å². The lowest BCUT2D eigenvalue weighted by atomic mass is 10.1. The van der Waals surface area contributed by atoms with E-state index in [0.29, 0.717) is 24.1 Å². The van der Waals surface area contributed by atoms with Crippen LogP contribution in [0.2, 0.25) is 0 Å². The van der Waals surface area contributed by atoms with E-state index in [1.807, 2.05) is 48.5 Å². The predicted octanol–water partition coefficient (Wildman–Crippen LogP) is 5.78. The molecule has 152 valence electrons. The van der Waals surface area contributed by atoms with Gasteiger partial charge in [-0.2, -0.15) is 4.98 Å². The summed E-state index contributed by atoms with van der Waals surface area (Å²) in [5.41, 5.74) is 4.20. The maximum atomic E-state index is 13.3. The van der Waals surface area contributed by atoms with Gasteiger partial charge in [0.2, 0.25) is 5.82 Å². The van der Waals surface area contributed by atoms with Crippen LogP contribution >= 0.6 is 0 Å². The molecular formula is C24H16FN3O3. The molecule has 0 unspecified atom stereocenters. The van der Waals surface area contributed by atoms with Crippen molar-refractivity contribution in [3.63, 3.8) is 0 Å². The second kappa shape index (κ2) is 8.23. The van der Waals surface area contributed by atoms with E-state index in [9.17, 15) is 4.39 Å². The summed E-state index contributed by atoms with van der Waals surface area (Å²) in [5, 5.41) is 8.03. The molecule has 0 fully saturated rings. The van der Waals surface area contributed by atoms with Crippen molar-refractivity contribution in [2.75, 3.05) is 0 Å². The number of ether oxygens (including phenoxy) is 1. The number of hydrogen-bond donors (Lipinski definition) is 0. The molecule has 5 aromatic rings. The number of nitrogens with zero attached hydrogens (tertiary/aromatic N) is 3. The maximum absolute atomic E-state index is 13.3. The summed E-state index contributed by atoms with van der Waals surface area (Å²) < 4.78 is 29.3. The van der Waals surface area contributed by atoms with Gasteiger partial charge in [-0.3, -0.25) is 0 Å². The zero-order chi connectivity index (χ0) is 21.0. The highest BCUT2D eigenvalue weighted by molar-refractivity contribution is 5.65. The van der Waals surface area contributed by atoms with Crippen molar-refractivity contribution >= 4 is 0 Å². The van der Waals surface area contributed by atoms with E-state index in [4.69, 9.17) is 13.8 Å². The molecule has 0 radical (unpaired) electrons. The Morgan fingerprint density at radius 2 is 1.65 bits per heavy atom. The molecule has 7 heteroatoms. The minimum atomic E-state index is -0.334. The fourth-order valence-electron chi connectivity index (χ4n) is 3.13. The van der Waals surface area contributed by atoms with Crippen molar-refractivity contribution in [2.45, 2.75) is 6.61 Å². The highest BCUT2D eigenvalue weighted by Gasteiger charge is 2.12. The Hall–Kier alpha value is -4.26. The zero-order valence-corrected chi connectivity index (χ0v) is 16.2. The van der Waals surface area contributed by atoms with E-state index in [1.54, 1.807) is 18.2 Å². The lowest BCUT2D eigenvalue weighted by Crippen LogP contribution is -1.96. The Balaban J connectivity index is 1.32. The molecule has 0 spiro atoms. The van der Waals surface area contributed by atoms with Crippen molar-refractivity contribution in [2.24, 2.45) is 0 Å². The van der Waals surface area contributed by atoms with Crippen molar-refractivity contribution < 1.29 is 18.2 Å². The molecule has 0 aliphatic heterocycles. The van der Waals surface area contributed by atoms with Gasteiger partial charge in [-0.15, -0.1) is 0 Å². The molecule has 0 N–H and O–H groups in total. The first-order chi connectivity index (χ1) is 15.2. The van der Waals surface area contributed by atoms with Gasteiger partial charge in [-0.25, -0.2) is 4.39 Å². The van der Waals surface area contributed by atoms with Crippen LogP contribution in [-0.2, 0) is 6.61 Å². The van der Waals surface area contributed by atoms with Crippen molar-refractivity contribution in [3.8, 4) is 39.8 Å². The molecule has 31 heavy (non-hydrogen) atoms. The second-order valence-electron chi connectivity index (χ2n) is 6.83. The van der Waals surface area contributed by atoms with Crippen LogP contribution in [0.4, 0.5) is 4.39 Å². The average Bonchev–Trinajstić information content (AvgIpc) is 3.51. The summed E-state index contributed by atoms with van der Waals surface area (Å²) in [6.45, 7) is 0.297. The fourth-order valence-corrected chi connectivity index (χ4v) is 3.13. The van der Waals surface area contributed by atoms with Gasteiger partial charge in [-0.05, 0) is 35.9 Å². The van der Waals surface area contributed by atoms with Crippen LogP contribution in [0.25, 0.3) is 34.1 Å². The number of halogens is 1. The molecule has 6 nitrogen and oxygen atoms in total. The number of rotatable bonds is 6. The third kappa shape index (κ3) is 4.20. The zero-order valence-electron chi connectivity index (χ0n) is 16.2. The van der Waals surface area contributed by atoms with E-state index >= 15 is 0 Å². The van der Waals surface area contributed by atoms with E-state index in [-0.39, 0.29) is 5.82 Å². The molecule has 0 saturated carbocycles. The highest BCUT2D eigenvalue weighted by atomic mass is 19.1. The molecule has 0 bridgehead atoms. The molecule has 5 rings (SSSR count). The summed E-state index contributed by atoms with van der Waals surface area (Å²) in [4.78, 5) is 4.51. The third-order valence-electron chi connectivity index (χ3n) is 4.68. The van der Waals surface area contributed by atoms with Gasteiger partial charge in [0.1, 0.15) is 30.1 Å². The normalized spacial score (nSPS) is 10.9. The summed E-state index contributed by atoms with van der Waals surface area (Å²) in [7, 11) is 0. The molecule has 0 atom stereocenters. The Morgan fingerprint density at radius 1 is 0.806 bits per heavy atom. The van der Waals surface area contributed by atoms with Gasteiger partial charge in [0.15, 0.2) is 0 Å².